The third-order valence-corrected chi connectivity index (χ3v) is 2.27. The molecule has 0 aliphatic carbocycles. The summed E-state index contributed by atoms with van der Waals surface area (Å²) in [5.74, 6) is -2.77. The maximum absolute atomic E-state index is 11.5. The number of rotatable bonds is 2. The Morgan fingerprint density at radius 2 is 1.09 bits per heavy atom. The van der Waals surface area contributed by atoms with Gasteiger partial charge in [-0.25, -0.2) is 29.0 Å². The van der Waals surface area contributed by atoms with Crippen molar-refractivity contribution in [2.75, 3.05) is 0 Å². The molecule has 2 rings (SSSR count). The van der Waals surface area contributed by atoms with Crippen molar-refractivity contribution in [3.63, 3.8) is 0 Å². The highest BCUT2D eigenvalue weighted by Crippen LogP contribution is 1.96. The summed E-state index contributed by atoms with van der Waals surface area (Å²) in [6.45, 7) is 0. The van der Waals surface area contributed by atoms with Crippen molar-refractivity contribution in [3.8, 4) is 0 Å². The summed E-state index contributed by atoms with van der Waals surface area (Å²) >= 11 is 0. The highest BCUT2D eigenvalue weighted by molar-refractivity contribution is 5.91. The molecule has 0 atom stereocenters. The molecule has 4 N–H and O–H groups in total. The summed E-state index contributed by atoms with van der Waals surface area (Å²) < 4.78 is 0. The van der Waals surface area contributed by atoms with Gasteiger partial charge in [-0.15, -0.1) is 0 Å². The Bertz CT molecular complexity index is 882. The van der Waals surface area contributed by atoms with Crippen LogP contribution < -0.4 is 22.5 Å². The van der Waals surface area contributed by atoms with Gasteiger partial charge >= 0.3 is 23.3 Å². The summed E-state index contributed by atoms with van der Waals surface area (Å²) in [5, 5.41) is 0. The lowest BCUT2D eigenvalue weighted by Crippen LogP contribution is -2.30. The van der Waals surface area contributed by atoms with E-state index in [1.807, 2.05) is 9.97 Å². The monoisotopic (exact) mass is 310 g/mol. The van der Waals surface area contributed by atoms with Crippen LogP contribution in [-0.4, -0.2) is 31.9 Å². The zero-order chi connectivity index (χ0) is 16.3. The second kappa shape index (κ2) is 5.74. The molecular weight excluding hydrogens is 304 g/mol. The number of nitrogens with one attached hydrogen (secondary N) is 4. The van der Waals surface area contributed by atoms with Crippen molar-refractivity contribution in [2.24, 2.45) is 0 Å². The normalized spacial score (nSPS) is 10.0. The summed E-state index contributed by atoms with van der Waals surface area (Å²) in [5.41, 5.74) is -5.10. The molecule has 12 heteroatoms. The molecule has 0 aliphatic heterocycles. The van der Waals surface area contributed by atoms with Crippen LogP contribution in [0.5, 0.6) is 0 Å². The first-order chi connectivity index (χ1) is 10.4. The summed E-state index contributed by atoms with van der Waals surface area (Å²) in [7, 11) is 0. The molecule has 0 amide bonds. The predicted octanol–water partition coefficient (Wildman–Crippen LogP) is -2.63. The molecule has 2 aromatic rings. The van der Waals surface area contributed by atoms with Crippen LogP contribution in [0.15, 0.2) is 31.6 Å². The van der Waals surface area contributed by atoms with E-state index < -0.39 is 45.6 Å². The van der Waals surface area contributed by atoms with Crippen LogP contribution >= 0.6 is 0 Å². The van der Waals surface area contributed by atoms with E-state index in [2.05, 4.69) is 9.78 Å². The lowest BCUT2D eigenvalue weighted by Gasteiger charge is -2.01. The minimum Gasteiger partial charge on any atom is -0.313 e. The highest BCUT2D eigenvalue weighted by atomic mass is 17.2. The van der Waals surface area contributed by atoms with Crippen LogP contribution in [0.25, 0.3) is 0 Å². The van der Waals surface area contributed by atoms with Crippen LogP contribution in [-0.2, 0) is 9.78 Å². The molecule has 2 heterocycles. The average molecular weight is 310 g/mol. The van der Waals surface area contributed by atoms with E-state index in [1.54, 1.807) is 9.97 Å². The van der Waals surface area contributed by atoms with Crippen molar-refractivity contribution >= 4 is 11.9 Å². The number of hydrogen-bond acceptors (Lipinski definition) is 8. The van der Waals surface area contributed by atoms with Crippen molar-refractivity contribution < 1.29 is 19.4 Å². The van der Waals surface area contributed by atoms with Crippen molar-refractivity contribution in [2.45, 2.75) is 0 Å². The van der Waals surface area contributed by atoms with Gasteiger partial charge < -0.3 is 9.97 Å². The van der Waals surface area contributed by atoms with E-state index in [1.165, 1.54) is 0 Å². The third kappa shape index (κ3) is 3.06. The molecule has 0 bridgehead atoms. The van der Waals surface area contributed by atoms with Gasteiger partial charge in [-0.2, -0.15) is 0 Å². The maximum atomic E-state index is 11.5. The third-order valence-electron chi connectivity index (χ3n) is 2.27. The Labute approximate surface area is 117 Å². The highest BCUT2D eigenvalue weighted by Gasteiger charge is 2.19. The molecule has 0 aromatic carbocycles. The zero-order valence-corrected chi connectivity index (χ0v) is 10.4. The van der Waals surface area contributed by atoms with Gasteiger partial charge in [-0.05, 0) is 0 Å². The summed E-state index contributed by atoms with van der Waals surface area (Å²) in [6.07, 6.45) is 1.51. The van der Waals surface area contributed by atoms with Crippen molar-refractivity contribution in [1.82, 2.24) is 19.9 Å². The Morgan fingerprint density at radius 3 is 1.41 bits per heavy atom. The first-order valence-electron chi connectivity index (χ1n) is 5.45. The van der Waals surface area contributed by atoms with Gasteiger partial charge in [0, 0.05) is 12.4 Å². The summed E-state index contributed by atoms with van der Waals surface area (Å²) in [4.78, 5) is 82.7. The molecule has 22 heavy (non-hydrogen) atoms. The molecule has 0 spiro atoms. The molecule has 0 unspecified atom stereocenters. The Kier molecular flexibility index (Phi) is 3.84. The van der Waals surface area contributed by atoms with E-state index in [0.717, 1.165) is 12.4 Å². The Morgan fingerprint density at radius 1 is 0.727 bits per heavy atom. The molecule has 12 nitrogen and oxygen atoms in total. The SMILES string of the molecule is O=C(OOC(=O)c1c[nH]c(=O)[nH]c1=O)c1c[nH]c(=O)[nH]c1=O. The number of hydrogen-bond donors (Lipinski definition) is 4. The van der Waals surface area contributed by atoms with Crippen LogP contribution in [0.2, 0.25) is 0 Å². The molecule has 2 aromatic heterocycles. The zero-order valence-electron chi connectivity index (χ0n) is 10.4. The van der Waals surface area contributed by atoms with E-state index >= 15 is 0 Å². The molecular formula is C10H6N4O8. The van der Waals surface area contributed by atoms with Crippen molar-refractivity contribution in [1.29, 1.82) is 0 Å². The Balaban J connectivity index is 2.12. The maximum Gasteiger partial charge on any atom is 0.393 e. The van der Waals surface area contributed by atoms with Gasteiger partial charge in [-0.1, -0.05) is 0 Å². The smallest absolute Gasteiger partial charge is 0.313 e. The minimum absolute atomic E-state index is 0.636. The fourth-order valence-corrected chi connectivity index (χ4v) is 1.29. The molecule has 0 radical (unpaired) electrons. The standard InChI is InChI=1S/C10H6N4O8/c15-5-3(1-11-9(19)13-5)7(17)21-22-8(18)4-2-12-10(20)14-6(4)16/h1-2H,(H2,11,13,15,19)(H2,12,14,16,20). The van der Waals surface area contributed by atoms with Crippen molar-refractivity contribution in [3.05, 3.63) is 65.2 Å². The van der Waals surface area contributed by atoms with Gasteiger partial charge in [0.25, 0.3) is 11.1 Å². The van der Waals surface area contributed by atoms with Gasteiger partial charge in [0.05, 0.1) is 0 Å². The Hall–Kier alpha value is -3.70. The number of carbonyl (C=O) groups excluding carboxylic acids is 2. The van der Waals surface area contributed by atoms with Gasteiger partial charge in [-0.3, -0.25) is 19.6 Å². The fourth-order valence-electron chi connectivity index (χ4n) is 1.29. The van der Waals surface area contributed by atoms with E-state index in [4.69, 9.17) is 0 Å². The van der Waals surface area contributed by atoms with Crippen LogP contribution in [0.1, 0.15) is 20.7 Å². The van der Waals surface area contributed by atoms with Gasteiger partial charge in [0.2, 0.25) is 0 Å². The van der Waals surface area contributed by atoms with Crippen LogP contribution in [0, 0.1) is 0 Å². The lowest BCUT2D eigenvalue weighted by atomic mass is 10.3. The number of carbonyl (C=O) groups is 2. The molecule has 0 aliphatic rings. The van der Waals surface area contributed by atoms with E-state index in [9.17, 15) is 28.8 Å². The number of aromatic nitrogens is 4. The predicted molar refractivity (Wildman–Crippen MR) is 66.2 cm³/mol. The first kappa shape index (κ1) is 14.7. The summed E-state index contributed by atoms with van der Waals surface area (Å²) in [6, 6.07) is 0. The molecule has 0 saturated carbocycles. The van der Waals surface area contributed by atoms with Gasteiger partial charge in [0.15, 0.2) is 0 Å². The van der Waals surface area contributed by atoms with E-state index in [-0.39, 0.29) is 0 Å². The van der Waals surface area contributed by atoms with Crippen LogP contribution in [0.4, 0.5) is 0 Å². The second-order valence-corrected chi connectivity index (χ2v) is 3.71. The van der Waals surface area contributed by atoms with Crippen LogP contribution in [0.3, 0.4) is 0 Å². The quantitative estimate of drug-likeness (QED) is 0.342. The van der Waals surface area contributed by atoms with E-state index in [0.29, 0.717) is 0 Å². The fraction of sp³-hybridized carbons (Fsp3) is 0. The average Bonchev–Trinajstić information content (AvgIpc) is 2.44. The second-order valence-electron chi connectivity index (χ2n) is 3.71. The minimum atomic E-state index is -1.38. The largest absolute Gasteiger partial charge is 0.393 e. The first-order valence-corrected chi connectivity index (χ1v) is 5.45. The molecule has 0 fully saturated rings. The number of aromatic amines is 4. The molecule has 114 valence electrons. The lowest BCUT2D eigenvalue weighted by molar-refractivity contribution is -0.187. The van der Waals surface area contributed by atoms with Gasteiger partial charge in [0.1, 0.15) is 11.1 Å². The number of H-pyrrole nitrogens is 4. The topological polar surface area (TPSA) is 184 Å². The molecule has 0 saturated heterocycles.